The molecule has 0 spiro atoms. The molecular weight excluding hydrogens is 308 g/mol. The summed E-state index contributed by atoms with van der Waals surface area (Å²) in [4.78, 5) is 47.7. The molecule has 2 heterocycles. The maximum absolute atomic E-state index is 12.0. The Morgan fingerprint density at radius 1 is 1.35 bits per heavy atom. The van der Waals surface area contributed by atoms with E-state index >= 15 is 0 Å². The molecule has 1 fully saturated rings. The number of aromatic nitrogens is 2. The van der Waals surface area contributed by atoms with Crippen LogP contribution >= 0.6 is 0 Å². The third kappa shape index (κ3) is 4.07. The van der Waals surface area contributed by atoms with E-state index in [1.807, 2.05) is 0 Å². The molecule has 1 aliphatic heterocycles. The monoisotopic (exact) mass is 326 g/mol. The van der Waals surface area contributed by atoms with Crippen molar-refractivity contribution in [1.29, 1.82) is 0 Å². The van der Waals surface area contributed by atoms with Gasteiger partial charge in [-0.05, 0) is 6.92 Å². The minimum absolute atomic E-state index is 0.0132. The van der Waals surface area contributed by atoms with E-state index in [1.54, 1.807) is 6.92 Å². The number of nitrogens with zero attached hydrogens (tertiary/aromatic N) is 1. The maximum atomic E-state index is 12.0. The molecule has 23 heavy (non-hydrogen) atoms. The van der Waals surface area contributed by atoms with Gasteiger partial charge in [-0.2, -0.15) is 0 Å². The number of H-pyrrole nitrogens is 1. The van der Waals surface area contributed by atoms with Gasteiger partial charge in [0.05, 0.1) is 6.10 Å². The summed E-state index contributed by atoms with van der Waals surface area (Å²) in [6.07, 6.45) is -0.537. The Hall–Kier alpha value is -2.42. The molecule has 2 rings (SSSR count). The lowest BCUT2D eigenvalue weighted by molar-refractivity contribution is -0.153. The zero-order chi connectivity index (χ0) is 17.1. The lowest BCUT2D eigenvalue weighted by Crippen LogP contribution is -2.37. The smallest absolute Gasteiger partial charge is 0.330 e. The first-order chi connectivity index (χ1) is 10.8. The number of hydrogen-bond donors (Lipinski definition) is 1. The molecule has 0 unspecified atom stereocenters. The predicted molar refractivity (Wildman–Crippen MR) is 76.8 cm³/mol. The standard InChI is InChI=1S/C14H18N2O7/c1-7-5-16(14(20)15-12(7)19)13-11(22-9(3)18)4-10(23-13)6-21-8(2)17/h5,10-11,13H,4,6H2,1-3H3,(H,15,19,20)/t10-,11-,13+/m0/s1. The summed E-state index contributed by atoms with van der Waals surface area (Å²) < 4.78 is 16.9. The van der Waals surface area contributed by atoms with Gasteiger partial charge in [0.25, 0.3) is 5.56 Å². The largest absolute Gasteiger partial charge is 0.463 e. The highest BCUT2D eigenvalue weighted by Crippen LogP contribution is 2.30. The van der Waals surface area contributed by atoms with E-state index < -0.39 is 41.6 Å². The van der Waals surface area contributed by atoms with Gasteiger partial charge in [-0.1, -0.05) is 0 Å². The van der Waals surface area contributed by atoms with Gasteiger partial charge in [-0.25, -0.2) is 4.79 Å². The van der Waals surface area contributed by atoms with E-state index in [1.165, 1.54) is 20.0 Å². The van der Waals surface area contributed by atoms with Crippen LogP contribution < -0.4 is 11.2 Å². The molecule has 3 atom stereocenters. The summed E-state index contributed by atoms with van der Waals surface area (Å²) in [5.41, 5.74) is -0.848. The number of ether oxygens (including phenoxy) is 3. The lowest BCUT2D eigenvalue weighted by atomic mass is 10.2. The van der Waals surface area contributed by atoms with E-state index in [4.69, 9.17) is 14.2 Å². The summed E-state index contributed by atoms with van der Waals surface area (Å²) in [5.74, 6) is -0.982. The van der Waals surface area contributed by atoms with Crippen molar-refractivity contribution in [2.75, 3.05) is 6.61 Å². The van der Waals surface area contributed by atoms with Crippen LogP contribution in [0.3, 0.4) is 0 Å². The fourth-order valence-corrected chi connectivity index (χ4v) is 2.37. The van der Waals surface area contributed by atoms with Crippen LogP contribution in [0.5, 0.6) is 0 Å². The SMILES string of the molecule is CC(=O)OC[C@@H]1C[C@H](OC(C)=O)[C@H](n2cc(C)c(=O)[nH]c2=O)O1. The van der Waals surface area contributed by atoms with E-state index in [-0.39, 0.29) is 13.0 Å². The topological polar surface area (TPSA) is 117 Å². The summed E-state index contributed by atoms with van der Waals surface area (Å²) in [6, 6.07) is 0. The van der Waals surface area contributed by atoms with Gasteiger partial charge in [0.15, 0.2) is 6.23 Å². The van der Waals surface area contributed by atoms with Gasteiger partial charge < -0.3 is 14.2 Å². The van der Waals surface area contributed by atoms with Crippen LogP contribution in [0.25, 0.3) is 0 Å². The second kappa shape index (κ2) is 6.78. The van der Waals surface area contributed by atoms with Crippen molar-refractivity contribution >= 4 is 11.9 Å². The van der Waals surface area contributed by atoms with Crippen LogP contribution in [-0.2, 0) is 23.8 Å². The second-order valence-corrected chi connectivity index (χ2v) is 5.31. The van der Waals surface area contributed by atoms with Crippen molar-refractivity contribution in [1.82, 2.24) is 9.55 Å². The number of aryl methyl sites for hydroxylation is 1. The third-order valence-corrected chi connectivity index (χ3v) is 3.35. The number of carbonyl (C=O) groups is 2. The first kappa shape index (κ1) is 16.9. The van der Waals surface area contributed by atoms with Crippen molar-refractivity contribution in [2.24, 2.45) is 0 Å². The van der Waals surface area contributed by atoms with Gasteiger partial charge >= 0.3 is 17.6 Å². The van der Waals surface area contributed by atoms with Crippen LogP contribution in [0.4, 0.5) is 0 Å². The zero-order valence-electron chi connectivity index (χ0n) is 13.0. The molecule has 1 aromatic heterocycles. The van der Waals surface area contributed by atoms with E-state index in [0.717, 1.165) is 4.57 Å². The van der Waals surface area contributed by atoms with Gasteiger partial charge in [0.1, 0.15) is 12.7 Å². The first-order valence-electron chi connectivity index (χ1n) is 7.06. The van der Waals surface area contributed by atoms with Gasteiger partial charge in [0, 0.05) is 32.0 Å². The van der Waals surface area contributed by atoms with Gasteiger partial charge in [-0.3, -0.25) is 23.9 Å². The number of nitrogens with one attached hydrogen (secondary N) is 1. The molecule has 1 saturated heterocycles. The zero-order valence-corrected chi connectivity index (χ0v) is 13.0. The van der Waals surface area contributed by atoms with Crippen molar-refractivity contribution in [3.8, 4) is 0 Å². The van der Waals surface area contributed by atoms with Gasteiger partial charge in [0.2, 0.25) is 0 Å². The summed E-state index contributed by atoms with van der Waals surface area (Å²) in [6.45, 7) is 4.05. The summed E-state index contributed by atoms with van der Waals surface area (Å²) in [5, 5.41) is 0. The van der Waals surface area contributed by atoms with Crippen LogP contribution in [0.2, 0.25) is 0 Å². The summed E-state index contributed by atoms with van der Waals surface area (Å²) >= 11 is 0. The van der Waals surface area contributed by atoms with E-state index in [0.29, 0.717) is 5.56 Å². The highest BCUT2D eigenvalue weighted by molar-refractivity contribution is 5.66. The van der Waals surface area contributed by atoms with Gasteiger partial charge in [-0.15, -0.1) is 0 Å². The average molecular weight is 326 g/mol. The lowest BCUT2D eigenvalue weighted by Gasteiger charge is -2.20. The number of carbonyl (C=O) groups excluding carboxylic acids is 2. The second-order valence-electron chi connectivity index (χ2n) is 5.31. The molecule has 0 saturated carbocycles. The fraction of sp³-hybridized carbons (Fsp3) is 0.571. The molecule has 0 radical (unpaired) electrons. The molecule has 0 aliphatic carbocycles. The molecule has 1 aromatic rings. The first-order valence-corrected chi connectivity index (χ1v) is 7.06. The Morgan fingerprint density at radius 3 is 2.65 bits per heavy atom. The highest BCUT2D eigenvalue weighted by atomic mass is 16.6. The Kier molecular flexibility index (Phi) is 4.99. The van der Waals surface area contributed by atoms with Crippen molar-refractivity contribution in [2.45, 2.75) is 45.6 Å². The van der Waals surface area contributed by atoms with E-state index in [2.05, 4.69) is 4.98 Å². The van der Waals surface area contributed by atoms with E-state index in [9.17, 15) is 19.2 Å². The quantitative estimate of drug-likeness (QED) is 0.750. The average Bonchev–Trinajstić information content (AvgIpc) is 2.82. The van der Waals surface area contributed by atoms with Crippen LogP contribution in [0.15, 0.2) is 15.8 Å². The highest BCUT2D eigenvalue weighted by Gasteiger charge is 2.40. The molecule has 9 heteroatoms. The minimum atomic E-state index is -0.900. The molecule has 0 bridgehead atoms. The molecule has 1 aliphatic rings. The number of rotatable bonds is 4. The predicted octanol–water partition coefficient (Wildman–Crippen LogP) is -0.373. The molecule has 126 valence electrons. The Labute approximate surface area is 131 Å². The number of hydrogen-bond acceptors (Lipinski definition) is 7. The molecular formula is C14H18N2O7. The minimum Gasteiger partial charge on any atom is -0.463 e. The third-order valence-electron chi connectivity index (χ3n) is 3.35. The molecule has 0 amide bonds. The molecule has 9 nitrogen and oxygen atoms in total. The molecule has 1 N–H and O–H groups in total. The molecule has 0 aromatic carbocycles. The van der Waals surface area contributed by atoms with Crippen molar-refractivity contribution in [3.63, 3.8) is 0 Å². The Bertz CT molecular complexity index is 721. The normalized spacial score (nSPS) is 23.5. The Morgan fingerprint density at radius 2 is 2.04 bits per heavy atom. The summed E-state index contributed by atoms with van der Waals surface area (Å²) in [7, 11) is 0. The van der Waals surface area contributed by atoms with Crippen molar-refractivity contribution < 1.29 is 23.8 Å². The van der Waals surface area contributed by atoms with Crippen LogP contribution in [0, 0.1) is 6.92 Å². The Balaban J connectivity index is 2.27. The maximum Gasteiger partial charge on any atom is 0.330 e. The van der Waals surface area contributed by atoms with Crippen LogP contribution in [-0.4, -0.2) is 40.3 Å². The van der Waals surface area contributed by atoms with Crippen molar-refractivity contribution in [3.05, 3.63) is 32.6 Å². The van der Waals surface area contributed by atoms with Crippen LogP contribution in [0.1, 0.15) is 32.1 Å². The fourth-order valence-electron chi connectivity index (χ4n) is 2.37. The number of aromatic amines is 1. The number of esters is 2.